The number of aromatic hydroxyl groups is 1. The number of phenolic OH excluding ortho intramolecular Hbond substituents is 1. The molecule has 0 saturated heterocycles. The predicted molar refractivity (Wildman–Crippen MR) is 62.9 cm³/mol. The van der Waals surface area contributed by atoms with E-state index in [0.29, 0.717) is 5.39 Å². The molecule has 0 aliphatic rings. The van der Waals surface area contributed by atoms with Crippen molar-refractivity contribution in [2.45, 2.75) is 0 Å². The second kappa shape index (κ2) is 3.35. The zero-order valence-electron chi connectivity index (χ0n) is 6.73. The third-order valence-corrected chi connectivity index (χ3v) is 4.01. The highest BCUT2D eigenvalue weighted by Gasteiger charge is 2.14. The van der Waals surface area contributed by atoms with E-state index in [1.165, 1.54) is 23.5 Å². The lowest BCUT2D eigenvalue weighted by molar-refractivity contribution is -0.384. The Kier molecular flexibility index (Phi) is 2.31. The summed E-state index contributed by atoms with van der Waals surface area (Å²) in [6.07, 6.45) is 0. The maximum Gasteiger partial charge on any atom is 0.274 e. The monoisotopic (exact) mass is 321 g/mol. The smallest absolute Gasteiger partial charge is 0.274 e. The number of benzene rings is 1. The molecule has 0 radical (unpaired) electrons. The van der Waals surface area contributed by atoms with Crippen LogP contribution >= 0.6 is 33.9 Å². The van der Waals surface area contributed by atoms with Crippen molar-refractivity contribution in [3.8, 4) is 5.75 Å². The highest BCUT2D eigenvalue weighted by atomic mass is 127. The second-order valence-corrected chi connectivity index (χ2v) is 4.75. The van der Waals surface area contributed by atoms with Crippen molar-refractivity contribution < 1.29 is 10.0 Å². The van der Waals surface area contributed by atoms with Crippen LogP contribution < -0.4 is 0 Å². The van der Waals surface area contributed by atoms with E-state index in [-0.39, 0.29) is 11.4 Å². The number of rotatable bonds is 1. The maximum absolute atomic E-state index is 10.5. The normalized spacial score (nSPS) is 10.6. The van der Waals surface area contributed by atoms with Crippen LogP contribution in [0.4, 0.5) is 5.69 Å². The predicted octanol–water partition coefficient (Wildman–Crippen LogP) is 3.12. The summed E-state index contributed by atoms with van der Waals surface area (Å²) in [5.41, 5.74) is -0.0757. The largest absolute Gasteiger partial charge is 0.507 e. The van der Waals surface area contributed by atoms with Crippen LogP contribution in [0.5, 0.6) is 5.75 Å². The van der Waals surface area contributed by atoms with E-state index >= 15 is 0 Å². The number of fused-ring (bicyclic) bond motifs is 1. The molecule has 0 bridgehead atoms. The van der Waals surface area contributed by atoms with E-state index in [9.17, 15) is 15.2 Å². The summed E-state index contributed by atoms with van der Waals surface area (Å²) in [5, 5.41) is 22.6. The zero-order chi connectivity index (χ0) is 10.3. The van der Waals surface area contributed by atoms with Gasteiger partial charge in [0, 0.05) is 25.1 Å². The molecule has 0 aliphatic heterocycles. The van der Waals surface area contributed by atoms with Crippen molar-refractivity contribution in [3.05, 3.63) is 31.2 Å². The molecule has 6 heteroatoms. The molecule has 0 spiro atoms. The van der Waals surface area contributed by atoms with Crippen molar-refractivity contribution in [2.75, 3.05) is 0 Å². The first-order valence-electron chi connectivity index (χ1n) is 3.63. The molecule has 14 heavy (non-hydrogen) atoms. The van der Waals surface area contributed by atoms with E-state index in [1.807, 2.05) is 5.38 Å². The number of non-ortho nitro benzene ring substituents is 1. The Morgan fingerprint density at radius 3 is 2.86 bits per heavy atom. The fourth-order valence-electron chi connectivity index (χ4n) is 1.20. The Balaban J connectivity index is 2.80. The summed E-state index contributed by atoms with van der Waals surface area (Å²) in [6, 6.07) is 2.65. The Morgan fingerprint density at radius 2 is 2.21 bits per heavy atom. The van der Waals surface area contributed by atoms with E-state index in [4.69, 9.17) is 0 Å². The summed E-state index contributed by atoms with van der Waals surface area (Å²) < 4.78 is 1.65. The molecule has 1 heterocycles. The van der Waals surface area contributed by atoms with Gasteiger partial charge in [0.05, 0.1) is 11.0 Å². The average Bonchev–Trinajstić information content (AvgIpc) is 2.48. The maximum atomic E-state index is 10.5. The van der Waals surface area contributed by atoms with Crippen LogP contribution in [0.1, 0.15) is 0 Å². The Morgan fingerprint density at radius 1 is 1.50 bits per heavy atom. The number of hydrogen-bond donors (Lipinski definition) is 1. The molecule has 1 aromatic carbocycles. The van der Waals surface area contributed by atoms with Gasteiger partial charge in [0.2, 0.25) is 0 Å². The molecule has 0 amide bonds. The molecular formula is C8H4INO3S. The molecular weight excluding hydrogens is 317 g/mol. The van der Waals surface area contributed by atoms with Gasteiger partial charge in [0.1, 0.15) is 5.75 Å². The highest BCUT2D eigenvalue weighted by molar-refractivity contribution is 14.1. The van der Waals surface area contributed by atoms with E-state index in [0.717, 1.165) is 8.27 Å². The number of nitro groups is 1. The molecule has 2 aromatic rings. The van der Waals surface area contributed by atoms with E-state index < -0.39 is 4.92 Å². The van der Waals surface area contributed by atoms with Crippen LogP contribution in [0.25, 0.3) is 10.1 Å². The van der Waals surface area contributed by atoms with Gasteiger partial charge < -0.3 is 5.11 Å². The molecule has 4 nitrogen and oxygen atoms in total. The van der Waals surface area contributed by atoms with Crippen LogP contribution in [0, 0.1) is 13.7 Å². The number of thiophene rings is 1. The third kappa shape index (κ3) is 1.44. The van der Waals surface area contributed by atoms with Crippen molar-refractivity contribution in [3.63, 3.8) is 0 Å². The van der Waals surface area contributed by atoms with Gasteiger partial charge in [-0.3, -0.25) is 10.1 Å². The first-order valence-corrected chi connectivity index (χ1v) is 5.59. The van der Waals surface area contributed by atoms with Crippen LogP contribution in [0.2, 0.25) is 0 Å². The fraction of sp³-hybridized carbons (Fsp3) is 0. The van der Waals surface area contributed by atoms with Gasteiger partial charge in [-0.05, 0) is 22.6 Å². The molecule has 0 fully saturated rings. The van der Waals surface area contributed by atoms with Crippen molar-refractivity contribution in [1.29, 1.82) is 0 Å². The number of hydrogen-bond acceptors (Lipinski definition) is 4. The van der Waals surface area contributed by atoms with E-state index in [1.54, 1.807) is 0 Å². The summed E-state index contributed by atoms with van der Waals surface area (Å²) in [7, 11) is 0. The SMILES string of the molecule is O=[N+]([O-])c1cc(O)c2c(I)csc2c1. The van der Waals surface area contributed by atoms with Crippen LogP contribution in [-0.2, 0) is 0 Å². The lowest BCUT2D eigenvalue weighted by Gasteiger charge is -1.96. The number of phenols is 1. The fourth-order valence-corrected chi connectivity index (χ4v) is 3.20. The topological polar surface area (TPSA) is 63.4 Å². The van der Waals surface area contributed by atoms with Crippen LogP contribution in [0.15, 0.2) is 17.5 Å². The number of nitro benzene ring substituents is 1. The van der Waals surface area contributed by atoms with Gasteiger partial charge in [-0.2, -0.15) is 0 Å². The molecule has 2 rings (SSSR count). The van der Waals surface area contributed by atoms with E-state index in [2.05, 4.69) is 22.6 Å². The molecule has 72 valence electrons. The molecule has 0 atom stereocenters. The lowest BCUT2D eigenvalue weighted by atomic mass is 10.2. The van der Waals surface area contributed by atoms with Gasteiger partial charge in [0.25, 0.3) is 5.69 Å². The molecule has 0 saturated carbocycles. The Labute approximate surface area is 96.5 Å². The molecule has 1 aromatic heterocycles. The van der Waals surface area contributed by atoms with Crippen LogP contribution in [-0.4, -0.2) is 10.0 Å². The first-order chi connectivity index (χ1) is 6.59. The second-order valence-electron chi connectivity index (χ2n) is 2.68. The van der Waals surface area contributed by atoms with Crippen molar-refractivity contribution in [1.82, 2.24) is 0 Å². The minimum Gasteiger partial charge on any atom is -0.507 e. The Bertz CT molecular complexity index is 523. The lowest BCUT2D eigenvalue weighted by Crippen LogP contribution is -1.86. The summed E-state index contributed by atoms with van der Waals surface area (Å²) >= 11 is 3.48. The summed E-state index contributed by atoms with van der Waals surface area (Å²) in [5.74, 6) is -0.0279. The van der Waals surface area contributed by atoms with Crippen molar-refractivity contribution in [2.24, 2.45) is 0 Å². The standard InChI is InChI=1S/C8H4INO3S/c9-5-3-14-7-2-4(10(12)13)1-6(11)8(5)7/h1-3,11H. The number of halogens is 1. The third-order valence-electron chi connectivity index (χ3n) is 1.81. The highest BCUT2D eigenvalue weighted by Crippen LogP contribution is 2.37. The molecule has 0 unspecified atom stereocenters. The molecule has 0 aliphatic carbocycles. The number of nitrogens with zero attached hydrogens (tertiary/aromatic N) is 1. The zero-order valence-corrected chi connectivity index (χ0v) is 9.70. The van der Waals surface area contributed by atoms with Gasteiger partial charge in [-0.1, -0.05) is 0 Å². The quantitative estimate of drug-likeness (QED) is 0.499. The van der Waals surface area contributed by atoms with Gasteiger partial charge in [-0.25, -0.2) is 0 Å². The van der Waals surface area contributed by atoms with Gasteiger partial charge in [-0.15, -0.1) is 11.3 Å². The average molecular weight is 321 g/mol. The van der Waals surface area contributed by atoms with Crippen molar-refractivity contribution >= 4 is 49.7 Å². The van der Waals surface area contributed by atoms with Crippen LogP contribution in [0.3, 0.4) is 0 Å². The summed E-state index contributed by atoms with van der Waals surface area (Å²) in [6.45, 7) is 0. The minimum absolute atomic E-state index is 0.0279. The Hall–Kier alpha value is -0.890. The first kappa shape index (κ1) is 9.66. The van der Waals surface area contributed by atoms with Gasteiger partial charge >= 0.3 is 0 Å². The molecule has 1 N–H and O–H groups in total. The summed E-state index contributed by atoms with van der Waals surface area (Å²) in [4.78, 5) is 9.99. The van der Waals surface area contributed by atoms with Gasteiger partial charge in [0.15, 0.2) is 0 Å². The minimum atomic E-state index is -0.508.